The van der Waals surface area contributed by atoms with E-state index in [2.05, 4.69) is 24.9 Å². The Balaban J connectivity index is 2.48. The first-order valence-corrected chi connectivity index (χ1v) is 5.64. The molecule has 0 fully saturated rings. The fraction of sp³-hybridized carbons (Fsp3) is 0.286. The van der Waals surface area contributed by atoms with Crippen LogP contribution in [-0.4, -0.2) is 18.7 Å². The van der Waals surface area contributed by atoms with Gasteiger partial charge >= 0.3 is 0 Å². The van der Waals surface area contributed by atoms with E-state index in [-0.39, 0.29) is 0 Å². The van der Waals surface area contributed by atoms with Crippen LogP contribution in [0.2, 0.25) is 0 Å². The van der Waals surface area contributed by atoms with Crippen molar-refractivity contribution in [1.29, 1.82) is 0 Å². The quantitative estimate of drug-likeness (QED) is 0.727. The van der Waals surface area contributed by atoms with Gasteiger partial charge in [0.25, 0.3) is 0 Å². The number of phenols is 1. The highest BCUT2D eigenvalue weighted by Gasteiger charge is 2.20. The van der Waals surface area contributed by atoms with Gasteiger partial charge in [-0.05, 0) is 29.9 Å². The molecule has 2 aromatic rings. The van der Waals surface area contributed by atoms with Crippen LogP contribution in [0.1, 0.15) is 11.1 Å². The molecule has 0 spiro atoms. The van der Waals surface area contributed by atoms with Crippen molar-refractivity contribution in [2.75, 3.05) is 18.5 Å². The first kappa shape index (κ1) is 9.52. The van der Waals surface area contributed by atoms with Gasteiger partial charge in [0.05, 0.1) is 0 Å². The van der Waals surface area contributed by atoms with E-state index in [1.165, 1.54) is 22.2 Å². The van der Waals surface area contributed by atoms with Crippen molar-refractivity contribution < 1.29 is 5.11 Å². The van der Waals surface area contributed by atoms with E-state index in [0.717, 1.165) is 18.4 Å². The normalized spacial score (nSPS) is 14.5. The molecule has 0 saturated carbocycles. The zero-order valence-corrected chi connectivity index (χ0v) is 9.62. The molecule has 0 radical (unpaired) electrons. The number of aryl methyl sites for hydroxylation is 1. The molecule has 0 bridgehead atoms. The van der Waals surface area contributed by atoms with Gasteiger partial charge < -0.3 is 10.0 Å². The summed E-state index contributed by atoms with van der Waals surface area (Å²) in [7, 11) is 2.08. The molecule has 2 nitrogen and oxygen atoms in total. The number of anilines is 1. The SMILES string of the molecule is Cc1cccc2c(O)cc3c(c12)CCN3C. The molecule has 1 aliphatic rings. The van der Waals surface area contributed by atoms with Gasteiger partial charge in [0.2, 0.25) is 0 Å². The predicted octanol–water partition coefficient (Wildman–Crippen LogP) is 2.85. The minimum Gasteiger partial charge on any atom is -0.507 e. The molecule has 0 saturated heterocycles. The molecular formula is C14H15NO. The van der Waals surface area contributed by atoms with Crippen molar-refractivity contribution in [2.45, 2.75) is 13.3 Å². The number of hydrogen-bond donors (Lipinski definition) is 1. The number of likely N-dealkylation sites (N-methyl/N-ethyl adjacent to an activating group) is 1. The molecule has 82 valence electrons. The summed E-state index contributed by atoms with van der Waals surface area (Å²) in [5, 5.41) is 12.3. The summed E-state index contributed by atoms with van der Waals surface area (Å²) in [6, 6.07) is 8.00. The topological polar surface area (TPSA) is 23.5 Å². The predicted molar refractivity (Wildman–Crippen MR) is 67.3 cm³/mol. The lowest BCUT2D eigenvalue weighted by Crippen LogP contribution is -2.12. The average molecular weight is 213 g/mol. The van der Waals surface area contributed by atoms with Gasteiger partial charge in [-0.25, -0.2) is 0 Å². The zero-order valence-electron chi connectivity index (χ0n) is 9.62. The van der Waals surface area contributed by atoms with Crippen molar-refractivity contribution in [2.24, 2.45) is 0 Å². The molecule has 0 amide bonds. The van der Waals surface area contributed by atoms with Crippen molar-refractivity contribution in [3.8, 4) is 5.75 Å². The summed E-state index contributed by atoms with van der Waals surface area (Å²) in [5.41, 5.74) is 3.81. The Morgan fingerprint density at radius 2 is 2.12 bits per heavy atom. The monoisotopic (exact) mass is 213 g/mol. The fourth-order valence-corrected chi connectivity index (χ4v) is 2.70. The molecular weight excluding hydrogens is 198 g/mol. The summed E-state index contributed by atoms with van der Waals surface area (Å²) >= 11 is 0. The minimum absolute atomic E-state index is 0.395. The Hall–Kier alpha value is -1.70. The van der Waals surface area contributed by atoms with Crippen LogP contribution in [0.4, 0.5) is 5.69 Å². The highest BCUT2D eigenvalue weighted by atomic mass is 16.3. The first-order valence-electron chi connectivity index (χ1n) is 5.64. The third kappa shape index (κ3) is 1.13. The van der Waals surface area contributed by atoms with Crippen molar-refractivity contribution >= 4 is 16.5 Å². The lowest BCUT2D eigenvalue weighted by molar-refractivity contribution is 0.481. The van der Waals surface area contributed by atoms with Crippen molar-refractivity contribution in [1.82, 2.24) is 0 Å². The summed E-state index contributed by atoms with van der Waals surface area (Å²) < 4.78 is 0. The van der Waals surface area contributed by atoms with E-state index in [1.807, 2.05) is 18.2 Å². The highest BCUT2D eigenvalue weighted by Crippen LogP contribution is 2.39. The van der Waals surface area contributed by atoms with Gasteiger partial charge in [-0.2, -0.15) is 0 Å². The summed E-state index contributed by atoms with van der Waals surface area (Å²) in [6.07, 6.45) is 1.08. The molecule has 0 aromatic heterocycles. The molecule has 3 rings (SSSR count). The Morgan fingerprint density at radius 1 is 1.31 bits per heavy atom. The zero-order chi connectivity index (χ0) is 11.3. The fourth-order valence-electron chi connectivity index (χ4n) is 2.70. The number of nitrogens with zero attached hydrogens (tertiary/aromatic N) is 1. The second kappa shape index (κ2) is 3.14. The molecule has 1 N–H and O–H groups in total. The van der Waals surface area contributed by atoms with Crippen LogP contribution in [0.25, 0.3) is 10.8 Å². The number of phenolic OH excluding ortho intramolecular Hbond substituents is 1. The third-order valence-electron chi connectivity index (χ3n) is 3.54. The van der Waals surface area contributed by atoms with Gasteiger partial charge in [0.1, 0.15) is 5.75 Å². The first-order chi connectivity index (χ1) is 7.68. The van der Waals surface area contributed by atoms with Crippen LogP contribution >= 0.6 is 0 Å². The van der Waals surface area contributed by atoms with Crippen LogP contribution in [0.5, 0.6) is 5.75 Å². The standard InChI is InChI=1S/C14H15NO/c1-9-4-3-5-11-13(16)8-12-10(14(9)11)6-7-15(12)2/h3-5,8,16H,6-7H2,1-2H3. The van der Waals surface area contributed by atoms with Gasteiger partial charge in [-0.1, -0.05) is 18.2 Å². The second-order valence-electron chi connectivity index (χ2n) is 4.56. The van der Waals surface area contributed by atoms with E-state index in [0.29, 0.717) is 5.75 Å². The molecule has 2 aromatic carbocycles. The highest BCUT2D eigenvalue weighted by molar-refractivity contribution is 5.98. The molecule has 0 atom stereocenters. The largest absolute Gasteiger partial charge is 0.507 e. The summed E-state index contributed by atoms with van der Waals surface area (Å²) in [5.74, 6) is 0.395. The lowest BCUT2D eigenvalue weighted by atomic mass is 9.97. The molecule has 0 aliphatic carbocycles. The molecule has 1 heterocycles. The van der Waals surface area contributed by atoms with E-state index in [9.17, 15) is 5.11 Å². The smallest absolute Gasteiger partial charge is 0.125 e. The number of aromatic hydroxyl groups is 1. The molecule has 1 aliphatic heterocycles. The van der Waals surface area contributed by atoms with E-state index < -0.39 is 0 Å². The number of fused-ring (bicyclic) bond motifs is 3. The number of benzene rings is 2. The lowest BCUT2D eigenvalue weighted by Gasteiger charge is -2.14. The minimum atomic E-state index is 0.395. The number of hydrogen-bond acceptors (Lipinski definition) is 2. The average Bonchev–Trinajstić information content (AvgIpc) is 2.61. The maximum atomic E-state index is 10.1. The van der Waals surface area contributed by atoms with E-state index >= 15 is 0 Å². The second-order valence-corrected chi connectivity index (χ2v) is 4.56. The maximum absolute atomic E-state index is 10.1. The van der Waals surface area contributed by atoms with Crippen LogP contribution < -0.4 is 4.90 Å². The van der Waals surface area contributed by atoms with Gasteiger partial charge in [-0.15, -0.1) is 0 Å². The Morgan fingerprint density at radius 3 is 2.94 bits per heavy atom. The van der Waals surface area contributed by atoms with Crippen molar-refractivity contribution in [3.63, 3.8) is 0 Å². The summed E-state index contributed by atoms with van der Waals surface area (Å²) in [6.45, 7) is 3.16. The Labute approximate surface area is 95.1 Å². The van der Waals surface area contributed by atoms with Crippen molar-refractivity contribution in [3.05, 3.63) is 35.4 Å². The third-order valence-corrected chi connectivity index (χ3v) is 3.54. The Bertz CT molecular complexity index is 574. The van der Waals surface area contributed by atoms with Crippen LogP contribution in [0, 0.1) is 6.92 Å². The van der Waals surface area contributed by atoms with Crippen LogP contribution in [-0.2, 0) is 6.42 Å². The van der Waals surface area contributed by atoms with E-state index in [4.69, 9.17) is 0 Å². The maximum Gasteiger partial charge on any atom is 0.125 e. The van der Waals surface area contributed by atoms with Gasteiger partial charge in [0.15, 0.2) is 0 Å². The molecule has 2 heteroatoms. The summed E-state index contributed by atoms with van der Waals surface area (Å²) in [4.78, 5) is 2.21. The van der Waals surface area contributed by atoms with Crippen LogP contribution in [0.3, 0.4) is 0 Å². The van der Waals surface area contributed by atoms with Crippen LogP contribution in [0.15, 0.2) is 24.3 Å². The Kier molecular flexibility index (Phi) is 1.87. The number of rotatable bonds is 0. The molecule has 16 heavy (non-hydrogen) atoms. The van der Waals surface area contributed by atoms with Gasteiger partial charge in [0, 0.05) is 30.7 Å². The van der Waals surface area contributed by atoms with E-state index in [1.54, 1.807) is 0 Å². The van der Waals surface area contributed by atoms with Gasteiger partial charge in [-0.3, -0.25) is 0 Å². The molecule has 0 unspecified atom stereocenters.